The van der Waals surface area contributed by atoms with E-state index in [4.69, 9.17) is 0 Å². The fourth-order valence-electron chi connectivity index (χ4n) is 6.86. The third-order valence-corrected chi connectivity index (χ3v) is 8.14. The molecule has 3 aliphatic heterocycles. The second kappa shape index (κ2) is 5.91. The van der Waals surface area contributed by atoms with Gasteiger partial charge in [-0.25, -0.2) is 4.79 Å². The monoisotopic (exact) mass is 444 g/mol. The van der Waals surface area contributed by atoms with Crippen molar-refractivity contribution in [1.29, 1.82) is 0 Å². The molecule has 3 aliphatic rings. The number of nitrogens with zero attached hydrogens (tertiary/aromatic N) is 1. The number of rotatable bonds is 0. The number of carbonyl (C=O) groups is 1. The molecule has 0 atom stereocenters. The molecule has 0 radical (unpaired) electrons. The lowest BCUT2D eigenvalue weighted by atomic mass is 9.32. The summed E-state index contributed by atoms with van der Waals surface area (Å²) >= 11 is 0. The summed E-state index contributed by atoms with van der Waals surface area (Å²) in [5.41, 5.74) is 9.17. The van der Waals surface area contributed by atoms with Gasteiger partial charge in [-0.2, -0.15) is 0 Å². The summed E-state index contributed by atoms with van der Waals surface area (Å²) in [6.07, 6.45) is 0. The van der Waals surface area contributed by atoms with E-state index in [1.807, 2.05) is 17.0 Å². The van der Waals surface area contributed by atoms with Gasteiger partial charge in [0.15, 0.2) is 0 Å². The SMILES string of the molecule is O=C1Nc2cccc3cc4c5c(c23)N1c1c(ccc2ccccc12)B5c1cccc2cccc-4c12. The minimum atomic E-state index is -0.0912. The number of fused-ring (bicyclic) bond motifs is 7. The first-order valence-electron chi connectivity index (χ1n) is 12.0. The minimum absolute atomic E-state index is 0.0674. The normalized spacial score (nSPS) is 14.5. The second-order valence-corrected chi connectivity index (χ2v) is 9.76. The lowest BCUT2D eigenvalue weighted by molar-refractivity contribution is 0.259. The van der Waals surface area contributed by atoms with Gasteiger partial charge in [-0.05, 0) is 55.7 Å². The molecule has 35 heavy (non-hydrogen) atoms. The maximum Gasteiger partial charge on any atom is 0.330 e. The van der Waals surface area contributed by atoms with E-state index < -0.39 is 0 Å². The van der Waals surface area contributed by atoms with Crippen molar-refractivity contribution in [2.24, 2.45) is 0 Å². The van der Waals surface area contributed by atoms with Crippen LogP contribution in [0.25, 0.3) is 43.4 Å². The molecule has 160 valence electrons. The molecule has 0 bridgehead atoms. The zero-order valence-electron chi connectivity index (χ0n) is 18.7. The van der Waals surface area contributed by atoms with Crippen molar-refractivity contribution in [3.63, 3.8) is 0 Å². The summed E-state index contributed by atoms with van der Waals surface area (Å²) in [6, 6.07) is 34.5. The summed E-state index contributed by atoms with van der Waals surface area (Å²) in [5, 5.41) is 10.3. The van der Waals surface area contributed by atoms with Gasteiger partial charge in [0.25, 0.3) is 0 Å². The highest BCUT2D eigenvalue weighted by Gasteiger charge is 2.45. The van der Waals surface area contributed by atoms with Gasteiger partial charge < -0.3 is 5.32 Å². The van der Waals surface area contributed by atoms with Gasteiger partial charge in [0, 0.05) is 10.8 Å². The molecule has 6 aromatic rings. The molecule has 1 N–H and O–H groups in total. The van der Waals surface area contributed by atoms with Gasteiger partial charge in [-0.15, -0.1) is 0 Å². The zero-order chi connectivity index (χ0) is 22.8. The molecule has 0 fully saturated rings. The molecule has 3 nitrogen and oxygen atoms in total. The number of nitrogens with one attached hydrogen (secondary N) is 1. The minimum Gasteiger partial charge on any atom is -0.307 e. The Kier molecular flexibility index (Phi) is 3.02. The molecule has 9 rings (SSSR count). The fourth-order valence-corrected chi connectivity index (χ4v) is 6.86. The van der Waals surface area contributed by atoms with Gasteiger partial charge in [0.1, 0.15) is 0 Å². The lowest BCUT2D eigenvalue weighted by Crippen LogP contribution is -2.61. The van der Waals surface area contributed by atoms with E-state index in [9.17, 15) is 4.79 Å². The van der Waals surface area contributed by atoms with E-state index >= 15 is 0 Å². The van der Waals surface area contributed by atoms with Gasteiger partial charge in [-0.3, -0.25) is 4.90 Å². The summed E-state index contributed by atoms with van der Waals surface area (Å²) in [4.78, 5) is 15.8. The van der Waals surface area contributed by atoms with Crippen LogP contribution in [0.15, 0.2) is 97.1 Å². The number of benzene rings is 6. The van der Waals surface area contributed by atoms with Crippen molar-refractivity contribution in [2.45, 2.75) is 0 Å². The number of urea groups is 1. The lowest BCUT2D eigenvalue weighted by Gasteiger charge is -2.42. The number of hydrogen-bond acceptors (Lipinski definition) is 1. The molecule has 4 heteroatoms. The highest BCUT2D eigenvalue weighted by molar-refractivity contribution is 7.01. The van der Waals surface area contributed by atoms with E-state index in [1.54, 1.807) is 0 Å². The van der Waals surface area contributed by atoms with E-state index in [1.165, 1.54) is 38.3 Å². The second-order valence-electron chi connectivity index (χ2n) is 9.76. The van der Waals surface area contributed by atoms with Crippen LogP contribution in [0.3, 0.4) is 0 Å². The molecular formula is C31H17BN2O. The molecule has 3 heterocycles. The first-order valence-corrected chi connectivity index (χ1v) is 12.0. The van der Waals surface area contributed by atoms with Crippen LogP contribution in [0.2, 0.25) is 0 Å². The largest absolute Gasteiger partial charge is 0.330 e. The predicted molar refractivity (Wildman–Crippen MR) is 147 cm³/mol. The molecule has 0 saturated heterocycles. The maximum atomic E-state index is 13.8. The van der Waals surface area contributed by atoms with Gasteiger partial charge in [-0.1, -0.05) is 90.4 Å². The first-order chi connectivity index (χ1) is 17.3. The van der Waals surface area contributed by atoms with Crippen LogP contribution in [0.5, 0.6) is 0 Å². The zero-order valence-corrected chi connectivity index (χ0v) is 18.7. The van der Waals surface area contributed by atoms with Crippen LogP contribution in [0.1, 0.15) is 0 Å². The van der Waals surface area contributed by atoms with Crippen molar-refractivity contribution >= 4 is 78.5 Å². The maximum absolute atomic E-state index is 13.8. The predicted octanol–water partition coefficient (Wildman–Crippen LogP) is 5.64. The van der Waals surface area contributed by atoms with Crippen molar-refractivity contribution in [3.05, 3.63) is 97.1 Å². The standard InChI is InChI=1S/C31H17BN2O/c35-31-33-25-13-5-9-19-16-22-21-11-3-7-18-8-4-12-23(26(18)21)32-24-15-14-17-6-1-2-10-20(17)29(24)34(31)30(27(19)25)28(22)32/h1-16H,(H,33,35). The fraction of sp³-hybridized carbons (Fsp3) is 0. The Hall–Kier alpha value is -4.57. The van der Waals surface area contributed by atoms with Crippen LogP contribution < -0.4 is 26.6 Å². The van der Waals surface area contributed by atoms with Gasteiger partial charge >= 0.3 is 6.03 Å². The van der Waals surface area contributed by atoms with Crippen molar-refractivity contribution in [3.8, 4) is 11.1 Å². The average molecular weight is 444 g/mol. The summed E-state index contributed by atoms with van der Waals surface area (Å²) in [6.45, 7) is 0.0674. The molecule has 0 unspecified atom stereocenters. The number of hydrogen-bond donors (Lipinski definition) is 1. The van der Waals surface area contributed by atoms with E-state index in [-0.39, 0.29) is 12.7 Å². The summed E-state index contributed by atoms with van der Waals surface area (Å²) < 4.78 is 0. The van der Waals surface area contributed by atoms with Gasteiger partial charge in [0.05, 0.1) is 17.1 Å². The van der Waals surface area contributed by atoms with E-state index in [0.717, 1.165) is 38.6 Å². The molecule has 0 spiro atoms. The van der Waals surface area contributed by atoms with Crippen molar-refractivity contribution in [2.75, 3.05) is 10.2 Å². The number of anilines is 3. The topological polar surface area (TPSA) is 32.3 Å². The van der Waals surface area contributed by atoms with Crippen LogP contribution in [0, 0.1) is 0 Å². The Bertz CT molecular complexity index is 1970. The average Bonchev–Trinajstić information content (AvgIpc) is 2.90. The first kappa shape index (κ1) is 17.9. The smallest absolute Gasteiger partial charge is 0.307 e. The third kappa shape index (κ3) is 1.99. The van der Waals surface area contributed by atoms with Crippen LogP contribution in [-0.4, -0.2) is 12.7 Å². The van der Waals surface area contributed by atoms with Crippen LogP contribution >= 0.6 is 0 Å². The highest BCUT2D eigenvalue weighted by Crippen LogP contribution is 2.47. The van der Waals surface area contributed by atoms with E-state index in [2.05, 4.69) is 90.2 Å². The molecule has 6 aromatic carbocycles. The molecule has 0 aromatic heterocycles. The summed E-state index contributed by atoms with van der Waals surface area (Å²) in [5.74, 6) is 0. The Morgan fingerprint density at radius 1 is 0.629 bits per heavy atom. The molecular weight excluding hydrogens is 427 g/mol. The Balaban J connectivity index is 1.58. The van der Waals surface area contributed by atoms with Crippen LogP contribution in [-0.2, 0) is 0 Å². The molecule has 0 aliphatic carbocycles. The molecule has 2 amide bonds. The quantitative estimate of drug-likeness (QED) is 0.302. The Morgan fingerprint density at radius 3 is 2.37 bits per heavy atom. The third-order valence-electron chi connectivity index (χ3n) is 8.14. The van der Waals surface area contributed by atoms with Gasteiger partial charge in [0.2, 0.25) is 6.71 Å². The van der Waals surface area contributed by atoms with Crippen molar-refractivity contribution < 1.29 is 4.79 Å². The molecule has 0 saturated carbocycles. The summed E-state index contributed by atoms with van der Waals surface area (Å²) in [7, 11) is 0. The van der Waals surface area contributed by atoms with Crippen LogP contribution in [0.4, 0.5) is 21.9 Å². The Morgan fingerprint density at radius 2 is 1.43 bits per heavy atom. The highest BCUT2D eigenvalue weighted by atomic mass is 16.2. The Labute approximate surface area is 201 Å². The number of amides is 2. The van der Waals surface area contributed by atoms with E-state index in [0.29, 0.717) is 0 Å². The number of carbonyl (C=O) groups excluding carboxylic acids is 1. The van der Waals surface area contributed by atoms with Crippen molar-refractivity contribution in [1.82, 2.24) is 0 Å².